The van der Waals surface area contributed by atoms with Gasteiger partial charge in [-0.1, -0.05) is 15.9 Å². The van der Waals surface area contributed by atoms with Crippen molar-refractivity contribution >= 4 is 27.5 Å². The minimum Gasteiger partial charge on any atom is -0.285 e. The van der Waals surface area contributed by atoms with Gasteiger partial charge in [-0.3, -0.25) is 9.59 Å². The molecule has 6 heteroatoms. The molecule has 1 aromatic rings. The molecule has 0 fully saturated rings. The average molecular weight is 281 g/mol. The Bertz CT molecular complexity index is 395. The molecule has 0 aliphatic heterocycles. The Morgan fingerprint density at radius 3 is 1.93 bits per heavy atom. The van der Waals surface area contributed by atoms with Gasteiger partial charge in [0.1, 0.15) is 0 Å². The Hall–Kier alpha value is -1.17. The first kappa shape index (κ1) is 11.9. The van der Waals surface area contributed by atoms with Crippen LogP contribution >= 0.6 is 15.9 Å². The fourth-order valence-corrected chi connectivity index (χ4v) is 1.13. The topological polar surface area (TPSA) is 34.1 Å². The standard InChI is InChI=1S/C9H4BrF3O2/c10-6-3-1-5(2-4-6)7(14)8(15)9(11,12)13/h1-4H. The zero-order valence-electron chi connectivity index (χ0n) is 7.14. The molecule has 0 radical (unpaired) electrons. The van der Waals surface area contributed by atoms with E-state index in [0.29, 0.717) is 4.47 Å². The first-order chi connectivity index (χ1) is 6.82. The Labute approximate surface area is 91.2 Å². The van der Waals surface area contributed by atoms with Crippen LogP contribution in [0.3, 0.4) is 0 Å². The summed E-state index contributed by atoms with van der Waals surface area (Å²) in [5.74, 6) is -3.90. The Morgan fingerprint density at radius 1 is 1.07 bits per heavy atom. The molecule has 0 spiro atoms. The van der Waals surface area contributed by atoms with Gasteiger partial charge in [-0.25, -0.2) is 0 Å². The third kappa shape index (κ3) is 2.89. The molecule has 0 atom stereocenters. The van der Waals surface area contributed by atoms with Crippen LogP contribution < -0.4 is 0 Å². The van der Waals surface area contributed by atoms with E-state index in [2.05, 4.69) is 15.9 Å². The maximum Gasteiger partial charge on any atom is 0.458 e. The lowest BCUT2D eigenvalue weighted by Crippen LogP contribution is -2.30. The number of rotatable bonds is 2. The molecule has 0 saturated heterocycles. The molecular formula is C9H4BrF3O2. The van der Waals surface area contributed by atoms with Gasteiger partial charge in [0.15, 0.2) is 0 Å². The van der Waals surface area contributed by atoms with E-state index >= 15 is 0 Å². The van der Waals surface area contributed by atoms with Crippen molar-refractivity contribution < 1.29 is 22.8 Å². The summed E-state index contributed by atoms with van der Waals surface area (Å²) in [6.07, 6.45) is -5.12. The maximum absolute atomic E-state index is 11.9. The van der Waals surface area contributed by atoms with Crippen molar-refractivity contribution in [3.05, 3.63) is 34.3 Å². The fraction of sp³-hybridized carbons (Fsp3) is 0.111. The van der Waals surface area contributed by atoms with Crippen molar-refractivity contribution in [1.29, 1.82) is 0 Å². The number of hydrogen-bond donors (Lipinski definition) is 0. The highest BCUT2D eigenvalue weighted by molar-refractivity contribution is 9.10. The number of Topliss-reactive ketones (excluding diaryl/α,β-unsaturated/α-hetero) is 2. The highest BCUT2D eigenvalue weighted by atomic mass is 79.9. The molecule has 0 N–H and O–H groups in total. The first-order valence-electron chi connectivity index (χ1n) is 3.74. The third-order valence-electron chi connectivity index (χ3n) is 1.57. The number of hydrogen-bond acceptors (Lipinski definition) is 2. The average Bonchev–Trinajstić information content (AvgIpc) is 2.15. The predicted molar refractivity (Wildman–Crippen MR) is 49.5 cm³/mol. The van der Waals surface area contributed by atoms with Crippen LogP contribution in [0.25, 0.3) is 0 Å². The second kappa shape index (κ2) is 4.14. The van der Waals surface area contributed by atoms with Gasteiger partial charge in [-0.15, -0.1) is 0 Å². The van der Waals surface area contributed by atoms with Crippen molar-refractivity contribution in [3.8, 4) is 0 Å². The van der Waals surface area contributed by atoms with Gasteiger partial charge in [-0.05, 0) is 24.3 Å². The Morgan fingerprint density at radius 2 is 1.53 bits per heavy atom. The molecule has 0 unspecified atom stereocenters. The second-order valence-corrected chi connectivity index (χ2v) is 3.58. The van der Waals surface area contributed by atoms with Crippen LogP contribution in [0, 0.1) is 0 Å². The van der Waals surface area contributed by atoms with Gasteiger partial charge in [0.2, 0.25) is 5.78 Å². The lowest BCUT2D eigenvalue weighted by atomic mass is 10.1. The molecule has 0 heterocycles. The van der Waals surface area contributed by atoms with Crippen molar-refractivity contribution in [2.24, 2.45) is 0 Å². The van der Waals surface area contributed by atoms with Crippen LogP contribution in [0.2, 0.25) is 0 Å². The molecule has 1 rings (SSSR count). The van der Waals surface area contributed by atoms with Crippen LogP contribution in [0.5, 0.6) is 0 Å². The maximum atomic E-state index is 11.9. The van der Waals surface area contributed by atoms with Crippen molar-refractivity contribution in [2.45, 2.75) is 6.18 Å². The minimum atomic E-state index is -5.12. The largest absolute Gasteiger partial charge is 0.458 e. The quantitative estimate of drug-likeness (QED) is 0.617. The monoisotopic (exact) mass is 280 g/mol. The number of halogens is 4. The predicted octanol–water partition coefficient (Wildman–Crippen LogP) is 2.76. The molecule has 0 aliphatic rings. The van der Waals surface area contributed by atoms with Crippen LogP contribution in [0.1, 0.15) is 10.4 Å². The van der Waals surface area contributed by atoms with Gasteiger partial charge < -0.3 is 0 Å². The van der Waals surface area contributed by atoms with E-state index in [9.17, 15) is 22.8 Å². The molecule has 1 aromatic carbocycles. The number of benzene rings is 1. The Kier molecular flexibility index (Phi) is 3.28. The van der Waals surface area contributed by atoms with E-state index in [4.69, 9.17) is 0 Å². The number of alkyl halides is 3. The zero-order chi connectivity index (χ0) is 11.6. The molecular weight excluding hydrogens is 277 g/mol. The lowest BCUT2D eigenvalue weighted by Gasteiger charge is -2.03. The highest BCUT2D eigenvalue weighted by Crippen LogP contribution is 2.19. The molecule has 0 amide bonds. The highest BCUT2D eigenvalue weighted by Gasteiger charge is 2.43. The van der Waals surface area contributed by atoms with Crippen LogP contribution in [-0.4, -0.2) is 17.7 Å². The lowest BCUT2D eigenvalue weighted by molar-refractivity contribution is -0.165. The van der Waals surface area contributed by atoms with Crippen LogP contribution in [-0.2, 0) is 4.79 Å². The third-order valence-corrected chi connectivity index (χ3v) is 2.10. The molecule has 0 bridgehead atoms. The summed E-state index contributed by atoms with van der Waals surface area (Å²) < 4.78 is 36.3. The zero-order valence-corrected chi connectivity index (χ0v) is 8.72. The molecule has 0 aromatic heterocycles. The van der Waals surface area contributed by atoms with Gasteiger partial charge in [0, 0.05) is 10.0 Å². The molecule has 2 nitrogen and oxygen atoms in total. The second-order valence-electron chi connectivity index (χ2n) is 2.66. The van der Waals surface area contributed by atoms with Crippen LogP contribution in [0.4, 0.5) is 13.2 Å². The summed E-state index contributed by atoms with van der Waals surface area (Å²) in [5.41, 5.74) is -0.277. The van der Waals surface area contributed by atoms with Crippen molar-refractivity contribution in [1.82, 2.24) is 0 Å². The first-order valence-corrected chi connectivity index (χ1v) is 4.53. The Balaban J connectivity index is 2.96. The van der Waals surface area contributed by atoms with E-state index < -0.39 is 17.7 Å². The van der Waals surface area contributed by atoms with E-state index in [1.807, 2.05) is 0 Å². The summed E-state index contributed by atoms with van der Waals surface area (Å²) in [5, 5.41) is 0. The number of ketones is 2. The molecule has 0 aliphatic carbocycles. The molecule has 80 valence electrons. The summed E-state index contributed by atoms with van der Waals surface area (Å²) in [6, 6.07) is 5.07. The van der Waals surface area contributed by atoms with Gasteiger partial charge >= 0.3 is 12.0 Å². The van der Waals surface area contributed by atoms with E-state index in [1.165, 1.54) is 12.1 Å². The van der Waals surface area contributed by atoms with Gasteiger partial charge in [0.05, 0.1) is 0 Å². The smallest absolute Gasteiger partial charge is 0.285 e. The summed E-state index contributed by atoms with van der Waals surface area (Å²) in [7, 11) is 0. The van der Waals surface area contributed by atoms with Crippen LogP contribution in [0.15, 0.2) is 28.7 Å². The minimum absolute atomic E-state index is 0.277. The number of carbonyl (C=O) groups excluding carboxylic acids is 2. The SMILES string of the molecule is O=C(C(=O)C(F)(F)F)c1ccc(Br)cc1. The fourth-order valence-electron chi connectivity index (χ4n) is 0.861. The summed E-state index contributed by atoms with van der Waals surface area (Å²) in [4.78, 5) is 21.6. The van der Waals surface area contributed by atoms with E-state index in [1.54, 1.807) is 0 Å². The molecule has 0 saturated carbocycles. The van der Waals surface area contributed by atoms with Gasteiger partial charge in [-0.2, -0.15) is 13.2 Å². The van der Waals surface area contributed by atoms with E-state index in [0.717, 1.165) is 12.1 Å². The molecule has 15 heavy (non-hydrogen) atoms. The normalized spacial score (nSPS) is 11.2. The van der Waals surface area contributed by atoms with Gasteiger partial charge in [0.25, 0.3) is 0 Å². The summed E-state index contributed by atoms with van der Waals surface area (Å²) >= 11 is 3.05. The van der Waals surface area contributed by atoms with Crippen molar-refractivity contribution in [3.63, 3.8) is 0 Å². The number of carbonyl (C=O) groups is 2. The van der Waals surface area contributed by atoms with Crippen molar-refractivity contribution in [2.75, 3.05) is 0 Å². The van der Waals surface area contributed by atoms with E-state index in [-0.39, 0.29) is 5.56 Å². The summed E-state index contributed by atoms with van der Waals surface area (Å²) in [6.45, 7) is 0.